The van der Waals surface area contributed by atoms with Crippen LogP contribution in [0.25, 0.3) is 11.3 Å². The van der Waals surface area contributed by atoms with Crippen molar-refractivity contribution >= 4 is 11.6 Å². The van der Waals surface area contributed by atoms with E-state index in [0.29, 0.717) is 22.4 Å². The Morgan fingerprint density at radius 3 is 2.95 bits per heavy atom. The summed E-state index contributed by atoms with van der Waals surface area (Å²) in [4.78, 5) is 4.33. The standard InChI is InChI=1S/C15H19ClN2O2/c1-4-7-17-10(2)15-18-9-14(20-15)12-6-5-11(16)8-13(12)19-3/h5-6,8-10,17H,4,7H2,1-3H3. The number of nitrogens with one attached hydrogen (secondary N) is 1. The fraction of sp³-hybridized carbons (Fsp3) is 0.400. The molecule has 4 nitrogen and oxygen atoms in total. The van der Waals surface area contributed by atoms with Gasteiger partial charge >= 0.3 is 0 Å². The molecule has 108 valence electrons. The molecule has 0 aliphatic rings. The van der Waals surface area contributed by atoms with E-state index in [4.69, 9.17) is 20.8 Å². The first-order valence-electron chi connectivity index (χ1n) is 6.68. The lowest BCUT2D eigenvalue weighted by atomic mass is 10.1. The summed E-state index contributed by atoms with van der Waals surface area (Å²) in [7, 11) is 1.61. The van der Waals surface area contributed by atoms with Gasteiger partial charge in [0.15, 0.2) is 5.76 Å². The number of aromatic nitrogens is 1. The number of oxazole rings is 1. The van der Waals surface area contributed by atoms with Gasteiger partial charge in [-0.15, -0.1) is 0 Å². The number of ether oxygens (including phenoxy) is 1. The largest absolute Gasteiger partial charge is 0.496 e. The SMILES string of the molecule is CCCNC(C)c1ncc(-c2ccc(Cl)cc2OC)o1. The van der Waals surface area contributed by atoms with Gasteiger partial charge in [0, 0.05) is 5.02 Å². The second-order valence-corrected chi connectivity index (χ2v) is 5.02. The fourth-order valence-corrected chi connectivity index (χ4v) is 2.09. The first kappa shape index (κ1) is 14.9. The van der Waals surface area contributed by atoms with Crippen molar-refractivity contribution in [2.75, 3.05) is 13.7 Å². The van der Waals surface area contributed by atoms with Gasteiger partial charge in [0.1, 0.15) is 5.75 Å². The van der Waals surface area contributed by atoms with Gasteiger partial charge in [-0.05, 0) is 38.1 Å². The quantitative estimate of drug-likeness (QED) is 0.872. The molecule has 1 N–H and O–H groups in total. The topological polar surface area (TPSA) is 47.3 Å². The van der Waals surface area contributed by atoms with Crippen LogP contribution < -0.4 is 10.1 Å². The molecule has 1 unspecified atom stereocenters. The molecule has 2 aromatic rings. The maximum Gasteiger partial charge on any atom is 0.211 e. The molecule has 1 atom stereocenters. The molecule has 0 aliphatic heterocycles. The molecule has 1 aromatic carbocycles. The molecule has 2 rings (SSSR count). The minimum atomic E-state index is 0.0852. The van der Waals surface area contributed by atoms with E-state index in [1.165, 1.54) is 0 Å². The lowest BCUT2D eigenvalue weighted by Gasteiger charge is -2.09. The Bertz CT molecular complexity index is 569. The third-order valence-electron chi connectivity index (χ3n) is 3.02. The summed E-state index contributed by atoms with van der Waals surface area (Å²) in [6.45, 7) is 5.09. The average molecular weight is 295 g/mol. The minimum Gasteiger partial charge on any atom is -0.496 e. The van der Waals surface area contributed by atoms with Crippen LogP contribution in [0.1, 0.15) is 32.2 Å². The molecule has 0 bridgehead atoms. The lowest BCUT2D eigenvalue weighted by molar-refractivity contribution is 0.407. The lowest BCUT2D eigenvalue weighted by Crippen LogP contribution is -2.19. The second kappa shape index (κ2) is 6.77. The van der Waals surface area contributed by atoms with Crippen molar-refractivity contribution in [1.29, 1.82) is 0 Å². The molecular formula is C15H19ClN2O2. The predicted molar refractivity (Wildman–Crippen MR) is 80.2 cm³/mol. The fourth-order valence-electron chi connectivity index (χ4n) is 1.93. The van der Waals surface area contributed by atoms with Crippen molar-refractivity contribution in [3.05, 3.63) is 35.3 Å². The van der Waals surface area contributed by atoms with Crippen LogP contribution in [-0.2, 0) is 0 Å². The summed E-state index contributed by atoms with van der Waals surface area (Å²) in [5.74, 6) is 2.03. The molecule has 0 radical (unpaired) electrons. The number of rotatable bonds is 6. The Morgan fingerprint density at radius 1 is 1.45 bits per heavy atom. The van der Waals surface area contributed by atoms with E-state index in [0.717, 1.165) is 18.5 Å². The highest BCUT2D eigenvalue weighted by Crippen LogP contribution is 2.33. The Balaban J connectivity index is 2.24. The van der Waals surface area contributed by atoms with Gasteiger partial charge in [0.25, 0.3) is 0 Å². The van der Waals surface area contributed by atoms with Crippen LogP contribution in [0.15, 0.2) is 28.8 Å². The molecule has 5 heteroatoms. The minimum absolute atomic E-state index is 0.0852. The number of nitrogens with zero attached hydrogens (tertiary/aromatic N) is 1. The van der Waals surface area contributed by atoms with Crippen molar-refractivity contribution < 1.29 is 9.15 Å². The molecule has 0 aliphatic carbocycles. The van der Waals surface area contributed by atoms with E-state index in [-0.39, 0.29) is 6.04 Å². The summed E-state index contributed by atoms with van der Waals surface area (Å²) in [6.07, 6.45) is 2.79. The van der Waals surface area contributed by atoms with Crippen LogP contribution in [0.2, 0.25) is 5.02 Å². The van der Waals surface area contributed by atoms with Gasteiger partial charge in [0.2, 0.25) is 5.89 Å². The molecule has 1 aromatic heterocycles. The smallest absolute Gasteiger partial charge is 0.211 e. The van der Waals surface area contributed by atoms with Gasteiger partial charge in [-0.25, -0.2) is 4.98 Å². The van der Waals surface area contributed by atoms with Crippen LogP contribution in [0, 0.1) is 0 Å². The summed E-state index contributed by atoms with van der Waals surface area (Å²) in [5, 5.41) is 3.97. The molecule has 0 saturated heterocycles. The van der Waals surface area contributed by atoms with Crippen molar-refractivity contribution in [3.8, 4) is 17.1 Å². The molecule has 0 amide bonds. The van der Waals surface area contributed by atoms with Crippen LogP contribution in [-0.4, -0.2) is 18.6 Å². The third kappa shape index (κ3) is 3.32. The monoisotopic (exact) mass is 294 g/mol. The molecule has 0 saturated carbocycles. The first-order valence-corrected chi connectivity index (χ1v) is 7.06. The third-order valence-corrected chi connectivity index (χ3v) is 3.26. The molecule has 20 heavy (non-hydrogen) atoms. The van der Waals surface area contributed by atoms with E-state index in [1.54, 1.807) is 25.4 Å². The van der Waals surface area contributed by atoms with Crippen molar-refractivity contribution in [3.63, 3.8) is 0 Å². The van der Waals surface area contributed by atoms with Crippen LogP contribution in [0.3, 0.4) is 0 Å². The van der Waals surface area contributed by atoms with E-state index in [9.17, 15) is 0 Å². The van der Waals surface area contributed by atoms with Crippen LogP contribution in [0.5, 0.6) is 5.75 Å². The second-order valence-electron chi connectivity index (χ2n) is 4.58. The number of benzene rings is 1. The van der Waals surface area contributed by atoms with Gasteiger partial charge in [-0.2, -0.15) is 0 Å². The maximum absolute atomic E-state index is 5.96. The van der Waals surface area contributed by atoms with Crippen molar-refractivity contribution in [2.24, 2.45) is 0 Å². The summed E-state index contributed by atoms with van der Waals surface area (Å²) >= 11 is 5.96. The van der Waals surface area contributed by atoms with Gasteiger partial charge in [-0.3, -0.25) is 0 Å². The Hall–Kier alpha value is -1.52. The number of methoxy groups -OCH3 is 1. The zero-order valence-corrected chi connectivity index (χ0v) is 12.7. The first-order chi connectivity index (χ1) is 9.65. The molecule has 0 fully saturated rings. The Labute approximate surface area is 124 Å². The summed E-state index contributed by atoms with van der Waals surface area (Å²) < 4.78 is 11.1. The van der Waals surface area contributed by atoms with E-state index >= 15 is 0 Å². The highest BCUT2D eigenvalue weighted by Gasteiger charge is 2.15. The number of hydrogen-bond acceptors (Lipinski definition) is 4. The van der Waals surface area contributed by atoms with Crippen LogP contribution >= 0.6 is 11.6 Å². The number of hydrogen-bond donors (Lipinski definition) is 1. The van der Waals surface area contributed by atoms with E-state index in [2.05, 4.69) is 17.2 Å². The van der Waals surface area contributed by atoms with Gasteiger partial charge < -0.3 is 14.5 Å². The zero-order chi connectivity index (χ0) is 14.5. The zero-order valence-electron chi connectivity index (χ0n) is 11.9. The molecular weight excluding hydrogens is 276 g/mol. The summed E-state index contributed by atoms with van der Waals surface area (Å²) in [6, 6.07) is 5.52. The molecule has 0 spiro atoms. The van der Waals surface area contributed by atoms with Crippen LogP contribution in [0.4, 0.5) is 0 Å². The average Bonchev–Trinajstić information content (AvgIpc) is 2.94. The highest BCUT2D eigenvalue weighted by atomic mass is 35.5. The predicted octanol–water partition coefficient (Wildman–Crippen LogP) is 4.06. The molecule has 1 heterocycles. The van der Waals surface area contributed by atoms with Gasteiger partial charge in [-0.1, -0.05) is 18.5 Å². The normalized spacial score (nSPS) is 12.4. The Morgan fingerprint density at radius 2 is 2.25 bits per heavy atom. The van der Waals surface area contributed by atoms with E-state index < -0.39 is 0 Å². The number of halogens is 1. The van der Waals surface area contributed by atoms with E-state index in [1.807, 2.05) is 13.0 Å². The summed E-state index contributed by atoms with van der Waals surface area (Å²) in [5.41, 5.74) is 0.846. The highest BCUT2D eigenvalue weighted by molar-refractivity contribution is 6.30. The van der Waals surface area contributed by atoms with Crippen molar-refractivity contribution in [1.82, 2.24) is 10.3 Å². The maximum atomic E-state index is 5.96. The Kier molecular flexibility index (Phi) is 5.04. The van der Waals surface area contributed by atoms with Gasteiger partial charge in [0.05, 0.1) is 24.9 Å². The van der Waals surface area contributed by atoms with Crippen molar-refractivity contribution in [2.45, 2.75) is 26.3 Å².